The summed E-state index contributed by atoms with van der Waals surface area (Å²) in [5.41, 5.74) is 8.27. The van der Waals surface area contributed by atoms with E-state index >= 15 is 0 Å². The molecule has 0 radical (unpaired) electrons. The first-order valence-corrected chi connectivity index (χ1v) is 5.12. The second-order valence-corrected chi connectivity index (χ2v) is 4.22. The molecule has 14 heavy (non-hydrogen) atoms. The fourth-order valence-corrected chi connectivity index (χ4v) is 2.52. The van der Waals surface area contributed by atoms with Crippen LogP contribution in [0.25, 0.3) is 10.4 Å². The summed E-state index contributed by atoms with van der Waals surface area (Å²) in [6.45, 7) is 0.805. The summed E-state index contributed by atoms with van der Waals surface area (Å²) in [7, 11) is 0. The number of hydrogen-bond acceptors (Lipinski definition) is 3. The van der Waals surface area contributed by atoms with Crippen LogP contribution in [-0.4, -0.2) is 29.5 Å². The van der Waals surface area contributed by atoms with E-state index in [-0.39, 0.29) is 11.6 Å². The SMILES string of the molecule is [N-]=[N+]=N[C@H]1C[C@]2(CCCO2)CC[C@@H]1O. The summed E-state index contributed by atoms with van der Waals surface area (Å²) < 4.78 is 5.71. The van der Waals surface area contributed by atoms with Gasteiger partial charge in [-0.3, -0.25) is 0 Å². The summed E-state index contributed by atoms with van der Waals surface area (Å²) in [6.07, 6.45) is 3.89. The standard InChI is InChI=1S/C9H15N3O2/c10-12-11-7-6-9(3-1-5-14-9)4-2-8(7)13/h7-8,13H,1-6H2/t7-,8-,9-/m0/s1. The maximum absolute atomic E-state index is 9.62. The minimum Gasteiger partial charge on any atom is -0.393 e. The van der Waals surface area contributed by atoms with Crippen LogP contribution in [0.2, 0.25) is 0 Å². The summed E-state index contributed by atoms with van der Waals surface area (Å²) in [5, 5.41) is 13.3. The highest BCUT2D eigenvalue weighted by molar-refractivity contribution is 4.97. The Morgan fingerprint density at radius 2 is 2.36 bits per heavy atom. The van der Waals surface area contributed by atoms with Crippen molar-refractivity contribution >= 4 is 0 Å². The Kier molecular flexibility index (Phi) is 2.63. The lowest BCUT2D eigenvalue weighted by Crippen LogP contribution is -2.43. The fourth-order valence-electron chi connectivity index (χ4n) is 2.52. The lowest BCUT2D eigenvalue weighted by molar-refractivity contribution is -0.0592. The van der Waals surface area contributed by atoms with Crippen LogP contribution in [0.1, 0.15) is 32.1 Å². The number of aliphatic hydroxyl groups is 1. The van der Waals surface area contributed by atoms with Crippen LogP contribution in [0, 0.1) is 0 Å². The van der Waals surface area contributed by atoms with Gasteiger partial charge >= 0.3 is 0 Å². The number of aliphatic hydroxyl groups excluding tert-OH is 1. The van der Waals surface area contributed by atoms with Crippen molar-refractivity contribution in [3.8, 4) is 0 Å². The van der Waals surface area contributed by atoms with Gasteiger partial charge in [0.25, 0.3) is 0 Å². The summed E-state index contributed by atoms with van der Waals surface area (Å²) >= 11 is 0. The third-order valence-electron chi connectivity index (χ3n) is 3.31. The Hall–Kier alpha value is -0.770. The van der Waals surface area contributed by atoms with E-state index in [0.29, 0.717) is 12.8 Å². The first-order valence-electron chi connectivity index (χ1n) is 5.12. The van der Waals surface area contributed by atoms with Crippen molar-refractivity contribution in [2.45, 2.75) is 49.9 Å². The van der Waals surface area contributed by atoms with Gasteiger partial charge in [-0.05, 0) is 37.6 Å². The molecule has 3 atom stereocenters. The Morgan fingerprint density at radius 3 is 3.00 bits per heavy atom. The van der Waals surface area contributed by atoms with Gasteiger partial charge in [-0.25, -0.2) is 0 Å². The molecule has 1 aliphatic carbocycles. The highest BCUT2D eigenvalue weighted by Gasteiger charge is 2.42. The van der Waals surface area contributed by atoms with Crippen molar-refractivity contribution in [2.24, 2.45) is 5.11 Å². The van der Waals surface area contributed by atoms with E-state index in [1.54, 1.807) is 0 Å². The molecule has 0 amide bonds. The first kappa shape index (κ1) is 9.77. The van der Waals surface area contributed by atoms with Crippen molar-refractivity contribution in [3.63, 3.8) is 0 Å². The molecule has 1 aliphatic heterocycles. The molecule has 1 saturated heterocycles. The van der Waals surface area contributed by atoms with Gasteiger partial charge in [0, 0.05) is 11.5 Å². The molecule has 0 aromatic carbocycles. The van der Waals surface area contributed by atoms with Crippen LogP contribution in [-0.2, 0) is 4.74 Å². The molecule has 2 fully saturated rings. The van der Waals surface area contributed by atoms with Gasteiger partial charge in [0.2, 0.25) is 0 Å². The molecule has 0 aromatic heterocycles. The van der Waals surface area contributed by atoms with Crippen molar-refractivity contribution in [2.75, 3.05) is 6.61 Å². The molecule has 1 saturated carbocycles. The lowest BCUT2D eigenvalue weighted by atomic mass is 9.79. The maximum atomic E-state index is 9.62. The molecule has 0 aromatic rings. The second-order valence-electron chi connectivity index (χ2n) is 4.22. The van der Waals surface area contributed by atoms with E-state index in [4.69, 9.17) is 10.3 Å². The van der Waals surface area contributed by atoms with Crippen LogP contribution < -0.4 is 0 Å². The highest BCUT2D eigenvalue weighted by atomic mass is 16.5. The van der Waals surface area contributed by atoms with Gasteiger partial charge in [-0.1, -0.05) is 5.11 Å². The molecule has 2 aliphatic rings. The molecule has 2 rings (SSSR count). The van der Waals surface area contributed by atoms with E-state index in [9.17, 15) is 5.11 Å². The number of rotatable bonds is 1. The van der Waals surface area contributed by atoms with Gasteiger partial charge in [-0.15, -0.1) is 0 Å². The van der Waals surface area contributed by atoms with Crippen molar-refractivity contribution < 1.29 is 9.84 Å². The molecule has 1 N–H and O–H groups in total. The smallest absolute Gasteiger partial charge is 0.0689 e. The normalized spacial score (nSPS) is 42.4. The van der Waals surface area contributed by atoms with Crippen molar-refractivity contribution in [1.82, 2.24) is 0 Å². The van der Waals surface area contributed by atoms with E-state index in [0.717, 1.165) is 25.9 Å². The maximum Gasteiger partial charge on any atom is 0.0689 e. The predicted octanol–water partition coefficient (Wildman–Crippen LogP) is 1.76. The van der Waals surface area contributed by atoms with Gasteiger partial charge in [0.1, 0.15) is 0 Å². The van der Waals surface area contributed by atoms with Crippen molar-refractivity contribution in [1.29, 1.82) is 0 Å². The molecule has 0 unspecified atom stereocenters. The molecule has 5 heteroatoms. The molecular weight excluding hydrogens is 182 g/mol. The fraction of sp³-hybridized carbons (Fsp3) is 1.00. The van der Waals surface area contributed by atoms with Gasteiger partial charge < -0.3 is 9.84 Å². The molecule has 1 heterocycles. The zero-order valence-electron chi connectivity index (χ0n) is 8.09. The van der Waals surface area contributed by atoms with Gasteiger partial charge in [-0.2, -0.15) is 0 Å². The van der Waals surface area contributed by atoms with Gasteiger partial charge in [0.05, 0.1) is 17.7 Å². The number of hydrogen-bond donors (Lipinski definition) is 1. The zero-order chi connectivity index (χ0) is 10.0. The van der Waals surface area contributed by atoms with Crippen LogP contribution in [0.4, 0.5) is 0 Å². The first-order chi connectivity index (χ1) is 6.76. The van der Waals surface area contributed by atoms with Crippen LogP contribution in [0.15, 0.2) is 5.11 Å². The van der Waals surface area contributed by atoms with Gasteiger partial charge in [0.15, 0.2) is 0 Å². The topological polar surface area (TPSA) is 78.2 Å². The molecule has 5 nitrogen and oxygen atoms in total. The van der Waals surface area contributed by atoms with E-state index in [1.165, 1.54) is 0 Å². The van der Waals surface area contributed by atoms with Crippen LogP contribution >= 0.6 is 0 Å². The Labute approximate surface area is 82.7 Å². The average molecular weight is 197 g/mol. The molecule has 78 valence electrons. The third-order valence-corrected chi connectivity index (χ3v) is 3.31. The number of ether oxygens (including phenoxy) is 1. The molecular formula is C9H15N3O2. The zero-order valence-corrected chi connectivity index (χ0v) is 8.09. The summed E-state index contributed by atoms with van der Waals surface area (Å²) in [4.78, 5) is 2.77. The molecule has 1 spiro atoms. The lowest BCUT2D eigenvalue weighted by Gasteiger charge is -2.38. The van der Waals surface area contributed by atoms with E-state index in [2.05, 4.69) is 10.0 Å². The third kappa shape index (κ3) is 1.71. The Balaban J connectivity index is 2.07. The minimum atomic E-state index is -0.485. The van der Waals surface area contributed by atoms with Crippen molar-refractivity contribution in [3.05, 3.63) is 10.4 Å². The summed E-state index contributed by atoms with van der Waals surface area (Å²) in [5.74, 6) is 0. The van der Waals surface area contributed by atoms with E-state index < -0.39 is 6.10 Å². The second kappa shape index (κ2) is 3.77. The number of nitrogens with zero attached hydrogens (tertiary/aromatic N) is 3. The minimum absolute atomic E-state index is 0.0991. The average Bonchev–Trinajstić information content (AvgIpc) is 2.61. The monoisotopic (exact) mass is 197 g/mol. The Bertz CT molecular complexity index is 257. The molecule has 0 bridgehead atoms. The van der Waals surface area contributed by atoms with E-state index in [1.807, 2.05) is 0 Å². The van der Waals surface area contributed by atoms with Crippen LogP contribution in [0.5, 0.6) is 0 Å². The quantitative estimate of drug-likeness (QED) is 0.395. The largest absolute Gasteiger partial charge is 0.393 e. The highest BCUT2D eigenvalue weighted by Crippen LogP contribution is 2.40. The number of azide groups is 1. The Morgan fingerprint density at radius 1 is 1.50 bits per heavy atom. The van der Waals surface area contributed by atoms with Crippen LogP contribution in [0.3, 0.4) is 0 Å². The summed E-state index contributed by atoms with van der Waals surface area (Å²) in [6, 6.07) is -0.299. The predicted molar refractivity (Wildman–Crippen MR) is 50.7 cm³/mol.